The lowest BCUT2D eigenvalue weighted by molar-refractivity contribution is -0.122. The van der Waals surface area contributed by atoms with E-state index >= 15 is 0 Å². The molecular weight excluding hydrogens is 404 g/mol. The molecule has 0 radical (unpaired) electrons. The van der Waals surface area contributed by atoms with E-state index in [0.29, 0.717) is 29.7 Å². The average Bonchev–Trinajstić information content (AvgIpc) is 2.72. The van der Waals surface area contributed by atoms with Crippen molar-refractivity contribution in [2.24, 2.45) is 23.0 Å². The molecule has 176 valence electrons. The molecule has 7 heteroatoms. The van der Waals surface area contributed by atoms with Crippen LogP contribution in [0.15, 0.2) is 47.0 Å². The van der Waals surface area contributed by atoms with Gasteiger partial charge in [0.2, 0.25) is 11.8 Å². The molecule has 0 bridgehead atoms. The molecule has 1 fully saturated rings. The van der Waals surface area contributed by atoms with Crippen molar-refractivity contribution in [2.75, 3.05) is 13.1 Å². The van der Waals surface area contributed by atoms with E-state index in [9.17, 15) is 14.4 Å². The van der Waals surface area contributed by atoms with E-state index in [4.69, 9.17) is 5.73 Å². The molecule has 2 atom stereocenters. The maximum atomic E-state index is 13.2. The van der Waals surface area contributed by atoms with Crippen LogP contribution in [0.4, 0.5) is 0 Å². The molecule has 1 heterocycles. The Morgan fingerprint density at radius 2 is 1.91 bits per heavy atom. The van der Waals surface area contributed by atoms with Crippen molar-refractivity contribution < 1.29 is 14.4 Å². The van der Waals surface area contributed by atoms with Gasteiger partial charge in [0, 0.05) is 24.0 Å². The van der Waals surface area contributed by atoms with E-state index < -0.39 is 11.8 Å². The first-order valence-electron chi connectivity index (χ1n) is 11.3. The van der Waals surface area contributed by atoms with Crippen molar-refractivity contribution in [1.82, 2.24) is 15.5 Å². The minimum Gasteiger partial charge on any atom is -0.368 e. The molecule has 0 aromatic carbocycles. The number of hydrogen-bond donors (Lipinski definition) is 3. The van der Waals surface area contributed by atoms with Crippen molar-refractivity contribution in [3.05, 3.63) is 47.0 Å². The summed E-state index contributed by atoms with van der Waals surface area (Å²) in [5, 5.41) is 5.60. The van der Waals surface area contributed by atoms with Gasteiger partial charge in [-0.2, -0.15) is 0 Å². The minimum absolute atomic E-state index is 0.176. The molecule has 2 unspecified atom stereocenters. The average molecular weight is 443 g/mol. The molecule has 0 spiro atoms. The monoisotopic (exact) mass is 442 g/mol. The minimum atomic E-state index is -0.614. The van der Waals surface area contributed by atoms with Crippen LogP contribution in [-0.4, -0.2) is 35.7 Å². The lowest BCUT2D eigenvalue weighted by atomic mass is 9.64. The summed E-state index contributed by atoms with van der Waals surface area (Å²) in [6.07, 6.45) is 10.6. The van der Waals surface area contributed by atoms with E-state index in [0.717, 1.165) is 17.7 Å². The highest BCUT2D eigenvalue weighted by Crippen LogP contribution is 2.43. The van der Waals surface area contributed by atoms with Crippen LogP contribution in [-0.2, 0) is 14.4 Å². The Hall–Kier alpha value is -2.83. The van der Waals surface area contributed by atoms with Gasteiger partial charge in [-0.25, -0.2) is 0 Å². The summed E-state index contributed by atoms with van der Waals surface area (Å²) in [4.78, 5) is 38.2. The van der Waals surface area contributed by atoms with E-state index in [-0.39, 0.29) is 17.9 Å². The molecular formula is C25H38N4O3. The van der Waals surface area contributed by atoms with Crippen molar-refractivity contribution in [2.45, 2.75) is 60.8 Å². The van der Waals surface area contributed by atoms with Crippen LogP contribution in [0.3, 0.4) is 0 Å². The number of nitrogens with zero attached hydrogens (tertiary/aromatic N) is 1. The van der Waals surface area contributed by atoms with Crippen molar-refractivity contribution in [3.8, 4) is 0 Å². The Kier molecular flexibility index (Phi) is 8.47. The second-order valence-corrected chi connectivity index (χ2v) is 9.77. The van der Waals surface area contributed by atoms with Gasteiger partial charge in [-0.1, -0.05) is 38.8 Å². The van der Waals surface area contributed by atoms with Crippen LogP contribution in [0, 0.1) is 17.3 Å². The first-order chi connectivity index (χ1) is 14.9. The van der Waals surface area contributed by atoms with E-state index in [1.165, 1.54) is 12.8 Å². The van der Waals surface area contributed by atoms with Gasteiger partial charge in [-0.15, -0.1) is 0 Å². The summed E-state index contributed by atoms with van der Waals surface area (Å²) < 4.78 is 0. The molecule has 1 saturated carbocycles. The van der Waals surface area contributed by atoms with Crippen LogP contribution >= 0.6 is 0 Å². The molecule has 0 aromatic rings. The molecule has 1 aliphatic carbocycles. The van der Waals surface area contributed by atoms with Crippen molar-refractivity contribution in [3.63, 3.8) is 0 Å². The first kappa shape index (κ1) is 25.4. The molecule has 2 aliphatic rings. The van der Waals surface area contributed by atoms with Crippen LogP contribution in [0.1, 0.15) is 60.8 Å². The van der Waals surface area contributed by atoms with Crippen LogP contribution in [0.25, 0.3) is 0 Å². The molecule has 1 aliphatic heterocycles. The van der Waals surface area contributed by atoms with Gasteiger partial charge in [0.15, 0.2) is 0 Å². The number of amides is 3. The summed E-state index contributed by atoms with van der Waals surface area (Å²) in [5.41, 5.74) is 8.03. The lowest BCUT2D eigenvalue weighted by Crippen LogP contribution is -2.42. The van der Waals surface area contributed by atoms with Gasteiger partial charge in [-0.3, -0.25) is 14.4 Å². The van der Waals surface area contributed by atoms with Crippen molar-refractivity contribution in [1.29, 1.82) is 0 Å². The van der Waals surface area contributed by atoms with Gasteiger partial charge in [0.25, 0.3) is 5.91 Å². The number of hydrogen-bond acceptors (Lipinski definition) is 4. The number of rotatable bonds is 7. The third-order valence-electron chi connectivity index (χ3n) is 6.74. The smallest absolute Gasteiger partial charge is 0.268 e. The third kappa shape index (κ3) is 6.34. The predicted molar refractivity (Wildman–Crippen MR) is 127 cm³/mol. The third-order valence-corrected chi connectivity index (χ3v) is 6.74. The Morgan fingerprint density at radius 3 is 2.53 bits per heavy atom. The highest BCUT2D eigenvalue weighted by Gasteiger charge is 2.36. The largest absolute Gasteiger partial charge is 0.368 e. The summed E-state index contributed by atoms with van der Waals surface area (Å²) in [5.74, 6) is -0.236. The summed E-state index contributed by atoms with van der Waals surface area (Å²) in [7, 11) is 0. The highest BCUT2D eigenvalue weighted by atomic mass is 16.2. The zero-order chi connectivity index (χ0) is 24.1. The quantitative estimate of drug-likeness (QED) is 0.527. The fourth-order valence-corrected chi connectivity index (χ4v) is 4.34. The molecule has 32 heavy (non-hydrogen) atoms. The fourth-order valence-electron chi connectivity index (χ4n) is 4.34. The fraction of sp³-hybridized carbons (Fsp3) is 0.560. The second kappa shape index (κ2) is 10.7. The number of nitrogens with one attached hydrogen (secondary N) is 2. The van der Waals surface area contributed by atoms with Crippen molar-refractivity contribution >= 4 is 17.7 Å². The molecule has 2 rings (SSSR count). The Morgan fingerprint density at radius 1 is 1.22 bits per heavy atom. The maximum absolute atomic E-state index is 13.2. The summed E-state index contributed by atoms with van der Waals surface area (Å²) >= 11 is 0. The van der Waals surface area contributed by atoms with E-state index in [1.807, 2.05) is 26.0 Å². The summed E-state index contributed by atoms with van der Waals surface area (Å²) in [6.45, 7) is 12.8. The molecule has 0 aromatic heterocycles. The molecule has 0 saturated heterocycles. The number of allylic oxidation sites excluding steroid dienone is 4. The van der Waals surface area contributed by atoms with Crippen LogP contribution in [0.5, 0.6) is 0 Å². The Bertz CT molecular complexity index is 876. The normalized spacial score (nSPS) is 22.8. The number of carbonyl (C=O) groups excluding carboxylic acids is 3. The first-order valence-corrected chi connectivity index (χ1v) is 11.3. The molecule has 7 nitrogen and oxygen atoms in total. The lowest BCUT2D eigenvalue weighted by Gasteiger charge is -2.42. The standard InChI is InChI=1S/C25H38N4O3/c1-16(2)20-10-7-11-21(29(20)15-17(3)23(31)28-14-22(26)30)24(32)27-13-19-9-8-12-25(5,6)18(19)4/h7,10-11,15,18-19H,8-9,12-14H2,1-6H3,(H2,26,30)(H,27,32)(H,28,31)/b17-15+. The van der Waals surface area contributed by atoms with Gasteiger partial charge in [0.1, 0.15) is 5.70 Å². The zero-order valence-corrected chi connectivity index (χ0v) is 20.2. The summed E-state index contributed by atoms with van der Waals surface area (Å²) in [6, 6.07) is 0. The van der Waals surface area contributed by atoms with E-state index in [1.54, 1.807) is 24.1 Å². The number of nitrogens with two attached hydrogens (primary N) is 1. The van der Waals surface area contributed by atoms with Gasteiger partial charge in [-0.05, 0) is 63.0 Å². The van der Waals surface area contributed by atoms with Gasteiger partial charge < -0.3 is 21.3 Å². The predicted octanol–water partition coefficient (Wildman–Crippen LogP) is 3.12. The Balaban J connectivity index is 2.19. The maximum Gasteiger partial charge on any atom is 0.268 e. The number of primary amides is 1. The zero-order valence-electron chi connectivity index (χ0n) is 20.2. The topological polar surface area (TPSA) is 105 Å². The van der Waals surface area contributed by atoms with Gasteiger partial charge in [0.05, 0.1) is 6.54 Å². The number of carbonyl (C=O) groups is 3. The van der Waals surface area contributed by atoms with Crippen LogP contribution < -0.4 is 16.4 Å². The van der Waals surface area contributed by atoms with E-state index in [2.05, 4.69) is 31.4 Å². The second-order valence-electron chi connectivity index (χ2n) is 9.77. The molecule has 4 N–H and O–H groups in total. The Labute approximate surface area is 191 Å². The SMILES string of the molecule is CC(C)=C1C=CC=C(C(=O)NCC2CCCC(C)(C)C2C)N1/C=C(\C)C(=O)NCC(N)=O. The highest BCUT2D eigenvalue weighted by molar-refractivity contribution is 5.96. The van der Waals surface area contributed by atoms with Gasteiger partial charge >= 0.3 is 0 Å². The molecule has 3 amide bonds. The van der Waals surface area contributed by atoms with Crippen LogP contribution in [0.2, 0.25) is 0 Å².